The second-order valence-corrected chi connectivity index (χ2v) is 6.68. The van der Waals surface area contributed by atoms with Crippen molar-refractivity contribution in [2.45, 2.75) is 13.5 Å². The summed E-state index contributed by atoms with van der Waals surface area (Å²) < 4.78 is 5.18. The van der Waals surface area contributed by atoms with Crippen LogP contribution in [0.2, 0.25) is 0 Å². The molecule has 0 radical (unpaired) electrons. The smallest absolute Gasteiger partial charge is 0.251 e. The molecule has 2 aromatic carbocycles. The summed E-state index contributed by atoms with van der Waals surface area (Å²) in [6.45, 7) is 2.73. The SMILES string of the molecule is CCNC(=O)c1cccc(NCC(=O)Nc2ccc(C(=O)NCc3ccco3)cc2)c1. The van der Waals surface area contributed by atoms with Crippen LogP contribution in [0.4, 0.5) is 11.4 Å². The number of carbonyl (C=O) groups is 3. The zero-order valence-corrected chi connectivity index (χ0v) is 17.1. The maximum absolute atomic E-state index is 12.2. The van der Waals surface area contributed by atoms with Crippen LogP contribution in [0.25, 0.3) is 0 Å². The Morgan fingerprint density at radius 3 is 2.32 bits per heavy atom. The highest BCUT2D eigenvalue weighted by Crippen LogP contribution is 2.12. The molecule has 0 unspecified atom stereocenters. The fraction of sp³-hybridized carbons (Fsp3) is 0.174. The highest BCUT2D eigenvalue weighted by Gasteiger charge is 2.09. The maximum atomic E-state index is 12.2. The number of benzene rings is 2. The normalized spacial score (nSPS) is 10.2. The summed E-state index contributed by atoms with van der Waals surface area (Å²) in [5, 5.41) is 11.3. The largest absolute Gasteiger partial charge is 0.467 e. The van der Waals surface area contributed by atoms with E-state index in [1.54, 1.807) is 66.9 Å². The quantitative estimate of drug-likeness (QED) is 0.425. The van der Waals surface area contributed by atoms with Gasteiger partial charge in [-0.3, -0.25) is 14.4 Å². The first-order valence-corrected chi connectivity index (χ1v) is 9.88. The molecule has 31 heavy (non-hydrogen) atoms. The summed E-state index contributed by atoms with van der Waals surface area (Å²) >= 11 is 0. The summed E-state index contributed by atoms with van der Waals surface area (Å²) in [5.41, 5.74) is 2.24. The van der Waals surface area contributed by atoms with E-state index in [2.05, 4.69) is 21.3 Å². The molecular weight excluding hydrogens is 396 g/mol. The lowest BCUT2D eigenvalue weighted by Crippen LogP contribution is -2.24. The highest BCUT2D eigenvalue weighted by molar-refractivity contribution is 5.97. The van der Waals surface area contributed by atoms with Gasteiger partial charge in [0.2, 0.25) is 5.91 Å². The summed E-state index contributed by atoms with van der Waals surface area (Å²) in [6.07, 6.45) is 1.55. The van der Waals surface area contributed by atoms with Crippen molar-refractivity contribution in [1.82, 2.24) is 10.6 Å². The zero-order valence-electron chi connectivity index (χ0n) is 17.1. The van der Waals surface area contributed by atoms with Crippen LogP contribution in [0.5, 0.6) is 0 Å². The van der Waals surface area contributed by atoms with Gasteiger partial charge in [0.25, 0.3) is 11.8 Å². The third-order valence-electron chi connectivity index (χ3n) is 4.35. The molecule has 160 valence electrons. The average molecular weight is 420 g/mol. The lowest BCUT2D eigenvalue weighted by molar-refractivity contribution is -0.114. The number of amides is 3. The van der Waals surface area contributed by atoms with E-state index in [0.29, 0.717) is 41.4 Å². The molecule has 0 saturated heterocycles. The minimum atomic E-state index is -0.251. The number of hydrogen-bond donors (Lipinski definition) is 4. The van der Waals surface area contributed by atoms with Crippen molar-refractivity contribution in [3.05, 3.63) is 83.8 Å². The molecular formula is C23H24N4O4. The molecule has 0 atom stereocenters. The van der Waals surface area contributed by atoms with Crippen LogP contribution in [-0.4, -0.2) is 30.8 Å². The molecule has 8 heteroatoms. The van der Waals surface area contributed by atoms with Gasteiger partial charge in [0.1, 0.15) is 5.76 Å². The molecule has 0 aliphatic heterocycles. The first-order chi connectivity index (χ1) is 15.0. The van der Waals surface area contributed by atoms with Gasteiger partial charge < -0.3 is 25.7 Å². The molecule has 0 fully saturated rings. The van der Waals surface area contributed by atoms with Gasteiger partial charge in [-0.2, -0.15) is 0 Å². The van der Waals surface area contributed by atoms with Crippen molar-refractivity contribution in [3.63, 3.8) is 0 Å². The van der Waals surface area contributed by atoms with Crippen LogP contribution in [0.3, 0.4) is 0 Å². The van der Waals surface area contributed by atoms with Gasteiger partial charge in [0.15, 0.2) is 0 Å². The minimum Gasteiger partial charge on any atom is -0.467 e. The Balaban J connectivity index is 1.48. The molecule has 8 nitrogen and oxygen atoms in total. The molecule has 0 bridgehead atoms. The van der Waals surface area contributed by atoms with E-state index in [1.807, 2.05) is 6.92 Å². The summed E-state index contributed by atoms with van der Waals surface area (Å²) in [6, 6.07) is 17.1. The molecule has 4 N–H and O–H groups in total. The van der Waals surface area contributed by atoms with Crippen molar-refractivity contribution in [1.29, 1.82) is 0 Å². The van der Waals surface area contributed by atoms with E-state index < -0.39 is 0 Å². The summed E-state index contributed by atoms with van der Waals surface area (Å²) in [7, 11) is 0. The van der Waals surface area contributed by atoms with Crippen LogP contribution >= 0.6 is 0 Å². The minimum absolute atomic E-state index is 0.0320. The Labute approximate surface area is 180 Å². The Hall–Kier alpha value is -4.07. The third kappa shape index (κ3) is 6.46. The van der Waals surface area contributed by atoms with Crippen LogP contribution < -0.4 is 21.3 Å². The zero-order chi connectivity index (χ0) is 22.1. The molecule has 3 aromatic rings. The first-order valence-electron chi connectivity index (χ1n) is 9.88. The van der Waals surface area contributed by atoms with Crippen molar-refractivity contribution in [3.8, 4) is 0 Å². The summed E-state index contributed by atoms with van der Waals surface area (Å²) in [5.74, 6) is 0.0199. The molecule has 3 rings (SSSR count). The van der Waals surface area contributed by atoms with Crippen molar-refractivity contribution < 1.29 is 18.8 Å². The molecule has 0 aliphatic carbocycles. The molecule has 0 saturated carbocycles. The monoisotopic (exact) mass is 420 g/mol. The number of anilines is 2. The van der Waals surface area contributed by atoms with Crippen LogP contribution in [-0.2, 0) is 11.3 Å². The second-order valence-electron chi connectivity index (χ2n) is 6.68. The molecule has 1 aromatic heterocycles. The number of carbonyl (C=O) groups excluding carboxylic acids is 3. The van der Waals surface area contributed by atoms with Gasteiger partial charge in [-0.05, 0) is 61.5 Å². The van der Waals surface area contributed by atoms with Gasteiger partial charge in [-0.15, -0.1) is 0 Å². The predicted molar refractivity (Wildman–Crippen MR) is 118 cm³/mol. The molecule has 0 spiro atoms. The number of nitrogens with one attached hydrogen (secondary N) is 4. The van der Waals surface area contributed by atoms with E-state index in [-0.39, 0.29) is 24.3 Å². The van der Waals surface area contributed by atoms with Gasteiger partial charge in [0.05, 0.1) is 19.4 Å². The van der Waals surface area contributed by atoms with Gasteiger partial charge >= 0.3 is 0 Å². The topological polar surface area (TPSA) is 112 Å². The Morgan fingerprint density at radius 2 is 1.61 bits per heavy atom. The highest BCUT2D eigenvalue weighted by atomic mass is 16.3. The van der Waals surface area contributed by atoms with Crippen molar-refractivity contribution in [2.24, 2.45) is 0 Å². The average Bonchev–Trinajstić information content (AvgIpc) is 3.31. The number of hydrogen-bond acceptors (Lipinski definition) is 5. The molecule has 1 heterocycles. The number of furan rings is 1. The Bertz CT molecular complexity index is 1030. The van der Waals surface area contributed by atoms with E-state index in [1.165, 1.54) is 0 Å². The fourth-order valence-electron chi connectivity index (χ4n) is 2.81. The fourth-order valence-corrected chi connectivity index (χ4v) is 2.81. The van der Waals surface area contributed by atoms with E-state index in [0.717, 1.165) is 0 Å². The Morgan fingerprint density at radius 1 is 0.839 bits per heavy atom. The van der Waals surface area contributed by atoms with Gasteiger partial charge in [0, 0.05) is 29.0 Å². The van der Waals surface area contributed by atoms with Crippen LogP contribution in [0, 0.1) is 0 Å². The van der Waals surface area contributed by atoms with Crippen LogP contribution in [0.15, 0.2) is 71.3 Å². The lowest BCUT2D eigenvalue weighted by atomic mass is 10.2. The predicted octanol–water partition coefficient (Wildman–Crippen LogP) is 3.01. The number of rotatable bonds is 9. The standard InChI is InChI=1S/C23H24N4O4/c1-2-24-23(30)17-5-3-6-19(13-17)25-15-21(28)27-18-10-8-16(9-11-18)22(29)26-14-20-7-4-12-31-20/h3-13,25H,2,14-15H2,1H3,(H,24,30)(H,26,29)(H,27,28). The van der Waals surface area contributed by atoms with E-state index >= 15 is 0 Å². The van der Waals surface area contributed by atoms with Gasteiger partial charge in [-0.1, -0.05) is 6.07 Å². The molecule has 0 aliphatic rings. The maximum Gasteiger partial charge on any atom is 0.251 e. The third-order valence-corrected chi connectivity index (χ3v) is 4.35. The molecule has 3 amide bonds. The Kier molecular flexibility index (Phi) is 7.42. The summed E-state index contributed by atoms with van der Waals surface area (Å²) in [4.78, 5) is 36.3. The first kappa shape index (κ1) is 21.6. The van der Waals surface area contributed by atoms with Gasteiger partial charge in [-0.25, -0.2) is 0 Å². The van der Waals surface area contributed by atoms with E-state index in [9.17, 15) is 14.4 Å². The van der Waals surface area contributed by atoms with Crippen molar-refractivity contribution >= 4 is 29.1 Å². The van der Waals surface area contributed by atoms with Crippen molar-refractivity contribution in [2.75, 3.05) is 23.7 Å². The van der Waals surface area contributed by atoms with E-state index in [4.69, 9.17) is 4.42 Å². The second kappa shape index (κ2) is 10.6. The lowest BCUT2D eigenvalue weighted by Gasteiger charge is -2.10. The van der Waals surface area contributed by atoms with Crippen LogP contribution in [0.1, 0.15) is 33.4 Å².